The second-order valence-electron chi connectivity index (χ2n) is 6.23. The Balaban J connectivity index is 1.53. The smallest absolute Gasteiger partial charge is 0.275 e. The molecule has 0 atom stereocenters. The lowest BCUT2D eigenvalue weighted by molar-refractivity contribution is 0.219. The van der Waals surface area contributed by atoms with Crippen molar-refractivity contribution < 1.29 is 4.74 Å². The Morgan fingerprint density at radius 1 is 1.12 bits per heavy atom. The minimum atomic E-state index is -0.0545. The first-order valence-electron chi connectivity index (χ1n) is 8.47. The third-order valence-electron chi connectivity index (χ3n) is 4.17. The van der Waals surface area contributed by atoms with Gasteiger partial charge in [-0.15, -0.1) is 0 Å². The Morgan fingerprint density at radius 3 is 2.72 bits per heavy atom. The summed E-state index contributed by atoms with van der Waals surface area (Å²) < 4.78 is 7.31. The standard InChI is InChI=1S/C20H23N3O2/c1-16-8-3-6-11-19(16)25-13-7-12-22(2)15-23-20(24)18-10-5-4-9-17(18)14-21-23/h3-6,8-11,14H,7,12-13,15H2,1-2H3. The third kappa shape index (κ3) is 4.25. The summed E-state index contributed by atoms with van der Waals surface area (Å²) in [5.41, 5.74) is 1.09. The van der Waals surface area contributed by atoms with Gasteiger partial charge >= 0.3 is 0 Å². The Hall–Kier alpha value is -2.66. The predicted molar refractivity (Wildman–Crippen MR) is 99.9 cm³/mol. The molecule has 3 aromatic rings. The lowest BCUT2D eigenvalue weighted by Crippen LogP contribution is -2.32. The summed E-state index contributed by atoms with van der Waals surface area (Å²) in [6.45, 7) is 3.98. The molecule has 0 aliphatic carbocycles. The van der Waals surface area contributed by atoms with E-state index in [0.29, 0.717) is 18.7 Å². The van der Waals surface area contributed by atoms with E-state index in [2.05, 4.69) is 10.00 Å². The molecule has 130 valence electrons. The number of hydrogen-bond acceptors (Lipinski definition) is 4. The summed E-state index contributed by atoms with van der Waals surface area (Å²) in [6.07, 6.45) is 2.62. The second kappa shape index (κ2) is 7.94. The average Bonchev–Trinajstić information content (AvgIpc) is 2.63. The van der Waals surface area contributed by atoms with Crippen molar-refractivity contribution in [1.82, 2.24) is 14.7 Å². The van der Waals surface area contributed by atoms with Gasteiger partial charge in [-0.1, -0.05) is 36.4 Å². The van der Waals surface area contributed by atoms with Crippen LogP contribution >= 0.6 is 0 Å². The number of nitrogens with zero attached hydrogens (tertiary/aromatic N) is 3. The molecule has 0 spiro atoms. The largest absolute Gasteiger partial charge is 0.493 e. The Labute approximate surface area is 147 Å². The molecule has 0 aliphatic rings. The van der Waals surface area contributed by atoms with E-state index >= 15 is 0 Å². The van der Waals surface area contributed by atoms with Gasteiger partial charge < -0.3 is 4.74 Å². The van der Waals surface area contributed by atoms with Crippen molar-refractivity contribution in [3.8, 4) is 5.75 Å². The van der Waals surface area contributed by atoms with Crippen LogP contribution in [0.5, 0.6) is 5.75 Å². The van der Waals surface area contributed by atoms with Crippen molar-refractivity contribution in [3.63, 3.8) is 0 Å². The molecule has 2 aromatic carbocycles. The molecule has 0 radical (unpaired) electrons. The van der Waals surface area contributed by atoms with E-state index in [9.17, 15) is 4.79 Å². The quantitative estimate of drug-likeness (QED) is 0.622. The molecule has 0 amide bonds. The van der Waals surface area contributed by atoms with Crippen LogP contribution in [0, 0.1) is 6.92 Å². The first-order valence-corrected chi connectivity index (χ1v) is 8.47. The van der Waals surface area contributed by atoms with Crippen LogP contribution in [0.4, 0.5) is 0 Å². The fourth-order valence-corrected chi connectivity index (χ4v) is 2.76. The SMILES string of the molecule is Cc1ccccc1OCCCN(C)Cn1ncc2ccccc2c1=O. The van der Waals surface area contributed by atoms with E-state index in [1.807, 2.05) is 62.5 Å². The molecule has 25 heavy (non-hydrogen) atoms. The summed E-state index contributed by atoms with van der Waals surface area (Å²) >= 11 is 0. The van der Waals surface area contributed by atoms with E-state index < -0.39 is 0 Å². The van der Waals surface area contributed by atoms with E-state index in [1.54, 1.807) is 6.20 Å². The fourth-order valence-electron chi connectivity index (χ4n) is 2.76. The predicted octanol–water partition coefficient (Wildman–Crippen LogP) is 3.06. The van der Waals surface area contributed by atoms with Crippen molar-refractivity contribution in [2.45, 2.75) is 20.0 Å². The van der Waals surface area contributed by atoms with Crippen molar-refractivity contribution in [1.29, 1.82) is 0 Å². The molecule has 3 rings (SSSR count). The lowest BCUT2D eigenvalue weighted by atomic mass is 10.2. The van der Waals surface area contributed by atoms with Crippen LogP contribution in [0.25, 0.3) is 10.8 Å². The van der Waals surface area contributed by atoms with Gasteiger partial charge in [0.2, 0.25) is 0 Å². The molecule has 0 aliphatic heterocycles. The Morgan fingerprint density at radius 2 is 1.88 bits per heavy atom. The molecule has 0 N–H and O–H groups in total. The highest BCUT2D eigenvalue weighted by atomic mass is 16.5. The Kier molecular flexibility index (Phi) is 5.46. The van der Waals surface area contributed by atoms with Gasteiger partial charge in [0.25, 0.3) is 5.56 Å². The van der Waals surface area contributed by atoms with Crippen LogP contribution < -0.4 is 10.3 Å². The lowest BCUT2D eigenvalue weighted by Gasteiger charge is -2.17. The first-order chi connectivity index (χ1) is 12.1. The van der Waals surface area contributed by atoms with Crippen LogP contribution in [0.15, 0.2) is 59.5 Å². The van der Waals surface area contributed by atoms with Gasteiger partial charge in [-0.2, -0.15) is 5.10 Å². The summed E-state index contributed by atoms with van der Waals surface area (Å²) in [7, 11) is 1.98. The number of benzene rings is 2. The van der Waals surface area contributed by atoms with E-state index in [-0.39, 0.29) is 5.56 Å². The molecular formula is C20H23N3O2. The maximum Gasteiger partial charge on any atom is 0.275 e. The number of aromatic nitrogens is 2. The molecule has 0 fully saturated rings. The summed E-state index contributed by atoms with van der Waals surface area (Å²) in [5.74, 6) is 0.928. The molecule has 0 bridgehead atoms. The second-order valence-corrected chi connectivity index (χ2v) is 6.23. The molecule has 5 heteroatoms. The van der Waals surface area contributed by atoms with Gasteiger partial charge in [0.05, 0.1) is 24.9 Å². The van der Waals surface area contributed by atoms with Gasteiger partial charge in [0.1, 0.15) is 5.75 Å². The number of hydrogen-bond donors (Lipinski definition) is 0. The minimum absolute atomic E-state index is 0.0545. The fraction of sp³-hybridized carbons (Fsp3) is 0.300. The van der Waals surface area contributed by atoms with Gasteiger partial charge in [-0.3, -0.25) is 9.69 Å². The van der Waals surface area contributed by atoms with E-state index in [0.717, 1.165) is 29.7 Å². The molecule has 5 nitrogen and oxygen atoms in total. The normalized spacial score (nSPS) is 11.2. The Bertz CT molecular complexity index is 905. The summed E-state index contributed by atoms with van der Waals surface area (Å²) in [6, 6.07) is 15.5. The highest BCUT2D eigenvalue weighted by Gasteiger charge is 2.06. The van der Waals surface area contributed by atoms with Crippen LogP contribution in [0.2, 0.25) is 0 Å². The minimum Gasteiger partial charge on any atom is -0.493 e. The number of rotatable bonds is 7. The van der Waals surface area contributed by atoms with Crippen molar-refractivity contribution in [3.05, 3.63) is 70.6 Å². The molecular weight excluding hydrogens is 314 g/mol. The maximum atomic E-state index is 12.5. The van der Waals surface area contributed by atoms with Crippen molar-refractivity contribution in [2.75, 3.05) is 20.2 Å². The third-order valence-corrected chi connectivity index (χ3v) is 4.17. The van der Waals surface area contributed by atoms with Gasteiger partial charge in [0.15, 0.2) is 0 Å². The number of fused-ring (bicyclic) bond motifs is 1. The van der Waals surface area contributed by atoms with Crippen LogP contribution in [-0.2, 0) is 6.67 Å². The molecule has 1 aromatic heterocycles. The number of ether oxygens (including phenoxy) is 1. The molecule has 0 unspecified atom stereocenters. The zero-order chi connectivity index (χ0) is 17.6. The van der Waals surface area contributed by atoms with Crippen LogP contribution in [-0.4, -0.2) is 34.9 Å². The monoisotopic (exact) mass is 337 g/mol. The van der Waals surface area contributed by atoms with Crippen LogP contribution in [0.1, 0.15) is 12.0 Å². The van der Waals surface area contributed by atoms with Crippen molar-refractivity contribution >= 4 is 10.8 Å². The number of aryl methyl sites for hydroxylation is 1. The van der Waals surface area contributed by atoms with Gasteiger partial charge in [-0.05, 0) is 38.1 Å². The first kappa shape index (κ1) is 17.2. The van der Waals surface area contributed by atoms with Crippen molar-refractivity contribution in [2.24, 2.45) is 0 Å². The molecule has 0 saturated heterocycles. The topological polar surface area (TPSA) is 47.4 Å². The molecule has 1 heterocycles. The molecule has 0 saturated carbocycles. The van der Waals surface area contributed by atoms with Crippen LogP contribution in [0.3, 0.4) is 0 Å². The summed E-state index contributed by atoms with van der Waals surface area (Å²) in [4.78, 5) is 14.5. The summed E-state index contributed by atoms with van der Waals surface area (Å²) in [5, 5.41) is 5.84. The average molecular weight is 337 g/mol. The van der Waals surface area contributed by atoms with Gasteiger partial charge in [-0.25, -0.2) is 4.68 Å². The highest BCUT2D eigenvalue weighted by molar-refractivity contribution is 5.80. The zero-order valence-corrected chi connectivity index (χ0v) is 14.7. The zero-order valence-electron chi connectivity index (χ0n) is 14.7. The highest BCUT2D eigenvalue weighted by Crippen LogP contribution is 2.16. The number of para-hydroxylation sites is 1. The van der Waals surface area contributed by atoms with Gasteiger partial charge in [0, 0.05) is 11.9 Å². The van der Waals surface area contributed by atoms with E-state index in [1.165, 1.54) is 4.68 Å². The maximum absolute atomic E-state index is 12.5. The van der Waals surface area contributed by atoms with E-state index in [4.69, 9.17) is 4.74 Å².